The molecule has 1 aliphatic carbocycles. The first-order valence-corrected chi connectivity index (χ1v) is 6.82. The predicted octanol–water partition coefficient (Wildman–Crippen LogP) is 1.99. The monoisotopic (exact) mass is 243 g/mol. The number of hydrogen-bond donors (Lipinski definition) is 0. The summed E-state index contributed by atoms with van der Waals surface area (Å²) in [5.74, 6) is 2.69. The minimum atomic E-state index is 0.582. The number of hydrogen-bond acceptors (Lipinski definition) is 4. The van der Waals surface area contributed by atoms with E-state index in [9.17, 15) is 0 Å². The molecule has 0 radical (unpaired) electrons. The molecule has 1 atom stereocenters. The Bertz CT molecular complexity index is 586. The second kappa shape index (κ2) is 3.67. The Kier molecular flexibility index (Phi) is 2.10. The van der Waals surface area contributed by atoms with E-state index in [0.29, 0.717) is 12.0 Å². The smallest absolute Gasteiger partial charge is 0.178 e. The van der Waals surface area contributed by atoms with Gasteiger partial charge in [-0.25, -0.2) is 0 Å². The van der Waals surface area contributed by atoms with Crippen LogP contribution in [0.25, 0.3) is 5.65 Å². The van der Waals surface area contributed by atoms with Crippen molar-refractivity contribution >= 4 is 11.5 Å². The van der Waals surface area contributed by atoms with E-state index in [-0.39, 0.29) is 0 Å². The van der Waals surface area contributed by atoms with Gasteiger partial charge in [-0.3, -0.25) is 0 Å². The first-order valence-electron chi connectivity index (χ1n) is 6.82. The highest BCUT2D eigenvalue weighted by Gasteiger charge is 2.30. The van der Waals surface area contributed by atoms with Gasteiger partial charge in [0.05, 0.1) is 0 Å². The fourth-order valence-corrected chi connectivity index (χ4v) is 2.82. The van der Waals surface area contributed by atoms with Crippen LogP contribution >= 0.6 is 0 Å². The maximum Gasteiger partial charge on any atom is 0.178 e. The van der Waals surface area contributed by atoms with Crippen LogP contribution in [0.2, 0.25) is 0 Å². The van der Waals surface area contributed by atoms with Gasteiger partial charge in [0, 0.05) is 18.5 Å². The SMILES string of the molecule is C[C@@H]1CCCN1c1ccc2nnc(C3CC3)n2n1. The molecule has 1 saturated heterocycles. The molecule has 4 rings (SSSR count). The minimum absolute atomic E-state index is 0.582. The van der Waals surface area contributed by atoms with Gasteiger partial charge in [-0.05, 0) is 44.7 Å². The van der Waals surface area contributed by atoms with Crippen LogP contribution in [0, 0.1) is 0 Å². The largest absolute Gasteiger partial charge is 0.352 e. The molecule has 1 saturated carbocycles. The van der Waals surface area contributed by atoms with Gasteiger partial charge >= 0.3 is 0 Å². The van der Waals surface area contributed by atoms with Crippen LogP contribution in [-0.4, -0.2) is 32.4 Å². The Balaban J connectivity index is 1.79. The summed E-state index contributed by atoms with van der Waals surface area (Å²) in [7, 11) is 0. The average molecular weight is 243 g/mol. The maximum atomic E-state index is 4.75. The highest BCUT2D eigenvalue weighted by molar-refractivity contribution is 5.47. The zero-order chi connectivity index (χ0) is 12.1. The van der Waals surface area contributed by atoms with E-state index in [1.807, 2.05) is 10.6 Å². The molecule has 5 nitrogen and oxygen atoms in total. The number of rotatable bonds is 2. The third kappa shape index (κ3) is 1.50. The Labute approximate surface area is 106 Å². The lowest BCUT2D eigenvalue weighted by atomic mass is 10.2. The summed E-state index contributed by atoms with van der Waals surface area (Å²) in [6.07, 6.45) is 4.98. The van der Waals surface area contributed by atoms with Crippen molar-refractivity contribution in [3.63, 3.8) is 0 Å². The first-order chi connectivity index (χ1) is 8.83. The van der Waals surface area contributed by atoms with Crippen LogP contribution in [0.3, 0.4) is 0 Å². The number of nitrogens with zero attached hydrogens (tertiary/aromatic N) is 5. The molecule has 0 amide bonds. The molecule has 18 heavy (non-hydrogen) atoms. The van der Waals surface area contributed by atoms with Gasteiger partial charge < -0.3 is 4.90 Å². The van der Waals surface area contributed by atoms with Gasteiger partial charge in [0.2, 0.25) is 0 Å². The molecule has 2 fully saturated rings. The summed E-state index contributed by atoms with van der Waals surface area (Å²) in [6, 6.07) is 4.70. The molecule has 0 aromatic carbocycles. The highest BCUT2D eigenvalue weighted by atomic mass is 15.4. The number of aromatic nitrogens is 4. The molecule has 2 aromatic rings. The molecular formula is C13H17N5. The number of anilines is 1. The highest BCUT2D eigenvalue weighted by Crippen LogP contribution is 2.38. The molecule has 1 aliphatic heterocycles. The second-order valence-corrected chi connectivity index (χ2v) is 5.48. The Morgan fingerprint density at radius 2 is 2.06 bits per heavy atom. The topological polar surface area (TPSA) is 46.3 Å². The second-order valence-electron chi connectivity index (χ2n) is 5.48. The van der Waals surface area contributed by atoms with Crippen molar-refractivity contribution in [1.29, 1.82) is 0 Å². The molecule has 94 valence electrons. The van der Waals surface area contributed by atoms with E-state index in [1.54, 1.807) is 0 Å². The standard InChI is InChI=1S/C13H17N5/c1-9-3-2-8-17(9)12-7-6-11-14-15-13(10-4-5-10)18(11)16-12/h6-7,9-10H,2-5,8H2,1H3/t9-/m1/s1. The van der Waals surface area contributed by atoms with Crippen molar-refractivity contribution in [1.82, 2.24) is 19.8 Å². The molecule has 0 bridgehead atoms. The average Bonchev–Trinajstić information content (AvgIpc) is 2.99. The normalized spacial score (nSPS) is 24.1. The summed E-state index contributed by atoms with van der Waals surface area (Å²) in [5.41, 5.74) is 0.868. The van der Waals surface area contributed by atoms with E-state index in [0.717, 1.165) is 23.8 Å². The molecular weight excluding hydrogens is 226 g/mol. The molecule has 5 heteroatoms. The van der Waals surface area contributed by atoms with Gasteiger partial charge in [0.25, 0.3) is 0 Å². The molecule has 2 aliphatic rings. The van der Waals surface area contributed by atoms with Crippen molar-refractivity contribution in [2.45, 2.75) is 44.6 Å². The fourth-order valence-electron chi connectivity index (χ4n) is 2.82. The molecule has 0 spiro atoms. The van der Waals surface area contributed by atoms with Crippen LogP contribution in [0.5, 0.6) is 0 Å². The van der Waals surface area contributed by atoms with E-state index in [1.165, 1.54) is 25.7 Å². The van der Waals surface area contributed by atoms with Crippen molar-refractivity contribution < 1.29 is 0 Å². The van der Waals surface area contributed by atoms with Crippen LogP contribution < -0.4 is 4.90 Å². The first kappa shape index (κ1) is 10.3. The summed E-state index contributed by atoms with van der Waals surface area (Å²) in [4.78, 5) is 2.39. The summed E-state index contributed by atoms with van der Waals surface area (Å²) < 4.78 is 1.94. The zero-order valence-electron chi connectivity index (χ0n) is 10.6. The quantitative estimate of drug-likeness (QED) is 0.809. The minimum Gasteiger partial charge on any atom is -0.352 e. The fraction of sp³-hybridized carbons (Fsp3) is 0.615. The van der Waals surface area contributed by atoms with Crippen LogP contribution in [0.15, 0.2) is 12.1 Å². The maximum absolute atomic E-state index is 4.75. The molecule has 2 aromatic heterocycles. The van der Waals surface area contributed by atoms with Crippen LogP contribution in [0.1, 0.15) is 44.3 Å². The van der Waals surface area contributed by atoms with E-state index in [2.05, 4.69) is 28.1 Å². The van der Waals surface area contributed by atoms with Crippen molar-refractivity contribution in [3.05, 3.63) is 18.0 Å². The lowest BCUT2D eigenvalue weighted by molar-refractivity contribution is 0.710. The third-order valence-electron chi connectivity index (χ3n) is 4.06. The van der Waals surface area contributed by atoms with Gasteiger partial charge in [0.15, 0.2) is 11.5 Å². The van der Waals surface area contributed by atoms with Gasteiger partial charge in [-0.15, -0.1) is 15.3 Å². The van der Waals surface area contributed by atoms with Gasteiger partial charge in [-0.2, -0.15) is 4.52 Å². The van der Waals surface area contributed by atoms with E-state index in [4.69, 9.17) is 5.10 Å². The zero-order valence-corrected chi connectivity index (χ0v) is 10.6. The van der Waals surface area contributed by atoms with Crippen molar-refractivity contribution in [2.24, 2.45) is 0 Å². The number of fused-ring (bicyclic) bond motifs is 1. The summed E-state index contributed by atoms with van der Waals surface area (Å²) >= 11 is 0. The summed E-state index contributed by atoms with van der Waals surface area (Å²) in [5, 5.41) is 13.2. The van der Waals surface area contributed by atoms with Gasteiger partial charge in [0.1, 0.15) is 5.82 Å². The Morgan fingerprint density at radius 3 is 2.78 bits per heavy atom. The lowest BCUT2D eigenvalue weighted by Gasteiger charge is -2.22. The van der Waals surface area contributed by atoms with E-state index < -0.39 is 0 Å². The Hall–Kier alpha value is -1.65. The predicted molar refractivity (Wildman–Crippen MR) is 68.8 cm³/mol. The third-order valence-corrected chi connectivity index (χ3v) is 4.06. The molecule has 3 heterocycles. The van der Waals surface area contributed by atoms with Crippen molar-refractivity contribution in [3.8, 4) is 0 Å². The lowest BCUT2D eigenvalue weighted by Crippen LogP contribution is -2.27. The van der Waals surface area contributed by atoms with E-state index >= 15 is 0 Å². The molecule has 0 N–H and O–H groups in total. The van der Waals surface area contributed by atoms with Crippen LogP contribution in [-0.2, 0) is 0 Å². The van der Waals surface area contributed by atoms with Crippen LogP contribution in [0.4, 0.5) is 5.82 Å². The van der Waals surface area contributed by atoms with Gasteiger partial charge in [-0.1, -0.05) is 0 Å². The molecule has 0 unspecified atom stereocenters. The van der Waals surface area contributed by atoms with Crippen molar-refractivity contribution in [2.75, 3.05) is 11.4 Å². The summed E-state index contributed by atoms with van der Waals surface area (Å²) in [6.45, 7) is 3.38. The Morgan fingerprint density at radius 1 is 1.17 bits per heavy atom.